The lowest BCUT2D eigenvalue weighted by Crippen LogP contribution is -2.20. The lowest BCUT2D eigenvalue weighted by Gasteiger charge is -2.09. The van der Waals surface area contributed by atoms with Gasteiger partial charge in [0.05, 0.1) is 0 Å². The summed E-state index contributed by atoms with van der Waals surface area (Å²) in [4.78, 5) is 22.8. The average molecular weight is 370 g/mol. The highest BCUT2D eigenvalue weighted by atomic mass is 32.2. The van der Waals surface area contributed by atoms with Crippen LogP contribution in [0.4, 0.5) is 18.9 Å². The highest BCUT2D eigenvalue weighted by molar-refractivity contribution is 8.00. The first-order chi connectivity index (χ1) is 11.7. The molecule has 3 N–H and O–H groups in total. The molecule has 9 heteroatoms. The van der Waals surface area contributed by atoms with Crippen LogP contribution in [0.2, 0.25) is 0 Å². The van der Waals surface area contributed by atoms with Crippen LogP contribution in [0.15, 0.2) is 53.4 Å². The fraction of sp³-hybridized carbons (Fsp3) is 0.125. The smallest absolute Gasteiger partial charge is 0.446 e. The number of thioether (sulfide) groups is 1. The number of carbonyl (C=O) groups is 2. The van der Waals surface area contributed by atoms with Crippen LogP contribution in [-0.4, -0.2) is 23.9 Å². The number of hydrogen-bond acceptors (Lipinski definition) is 4. The number of nitrogens with two attached hydrogens (primary N) is 1. The summed E-state index contributed by atoms with van der Waals surface area (Å²) in [7, 11) is 0. The number of carbonyl (C=O) groups excluding carboxylic acids is 2. The van der Waals surface area contributed by atoms with Crippen molar-refractivity contribution >= 4 is 29.3 Å². The molecule has 0 heterocycles. The summed E-state index contributed by atoms with van der Waals surface area (Å²) in [6.07, 6.45) is 0. The van der Waals surface area contributed by atoms with Gasteiger partial charge in [-0.25, -0.2) is 0 Å². The van der Waals surface area contributed by atoms with Crippen molar-refractivity contribution in [3.8, 4) is 5.75 Å². The van der Waals surface area contributed by atoms with Gasteiger partial charge in [-0.2, -0.15) is 13.2 Å². The van der Waals surface area contributed by atoms with Crippen molar-refractivity contribution in [2.24, 2.45) is 5.73 Å². The van der Waals surface area contributed by atoms with Crippen LogP contribution in [0.25, 0.3) is 0 Å². The van der Waals surface area contributed by atoms with Gasteiger partial charge in [0, 0.05) is 22.2 Å². The third-order valence-electron chi connectivity index (χ3n) is 2.82. The zero-order chi connectivity index (χ0) is 18.4. The molecule has 0 aliphatic carbocycles. The summed E-state index contributed by atoms with van der Waals surface area (Å²) in [5.74, 6) is -0.782. The summed E-state index contributed by atoms with van der Waals surface area (Å²) < 4.78 is 42.0. The van der Waals surface area contributed by atoms with Gasteiger partial charge >= 0.3 is 5.51 Å². The number of nitrogens with one attached hydrogen (secondary N) is 1. The van der Waals surface area contributed by atoms with E-state index >= 15 is 0 Å². The van der Waals surface area contributed by atoms with Crippen LogP contribution in [0.3, 0.4) is 0 Å². The Hall–Kier alpha value is -2.68. The Balaban J connectivity index is 2.02. The van der Waals surface area contributed by atoms with Gasteiger partial charge in [-0.15, -0.1) is 0 Å². The quantitative estimate of drug-likeness (QED) is 0.764. The number of primary amides is 1. The number of anilines is 1. The fourth-order valence-electron chi connectivity index (χ4n) is 1.83. The first-order valence-corrected chi connectivity index (χ1v) is 7.73. The summed E-state index contributed by atoms with van der Waals surface area (Å²) in [5, 5.41) is 2.59. The minimum atomic E-state index is -4.38. The molecule has 0 fully saturated rings. The topological polar surface area (TPSA) is 81.4 Å². The number of hydrogen-bond donors (Lipinski definition) is 2. The number of alkyl halides is 3. The van der Waals surface area contributed by atoms with Crippen molar-refractivity contribution in [2.75, 3.05) is 11.9 Å². The van der Waals surface area contributed by atoms with Gasteiger partial charge in [0.2, 0.25) is 0 Å². The van der Waals surface area contributed by atoms with E-state index in [4.69, 9.17) is 10.5 Å². The van der Waals surface area contributed by atoms with E-state index in [0.29, 0.717) is 11.4 Å². The number of ether oxygens (including phenoxy) is 1. The van der Waals surface area contributed by atoms with Gasteiger partial charge in [0.25, 0.3) is 11.8 Å². The molecule has 0 bridgehead atoms. The van der Waals surface area contributed by atoms with Crippen molar-refractivity contribution in [1.82, 2.24) is 0 Å². The number of benzene rings is 2. The molecule has 132 valence electrons. The molecule has 0 unspecified atom stereocenters. The van der Waals surface area contributed by atoms with Gasteiger partial charge in [-0.05, 0) is 48.2 Å². The molecule has 2 amide bonds. The monoisotopic (exact) mass is 370 g/mol. The molecule has 0 atom stereocenters. The Bertz CT molecular complexity index is 764. The van der Waals surface area contributed by atoms with Crippen molar-refractivity contribution < 1.29 is 27.5 Å². The zero-order valence-corrected chi connectivity index (χ0v) is 13.5. The molecule has 0 spiro atoms. The van der Waals surface area contributed by atoms with Crippen LogP contribution in [0.1, 0.15) is 10.4 Å². The number of halogens is 3. The zero-order valence-electron chi connectivity index (χ0n) is 12.7. The van der Waals surface area contributed by atoms with Gasteiger partial charge in [0.15, 0.2) is 6.61 Å². The highest BCUT2D eigenvalue weighted by Crippen LogP contribution is 2.36. The van der Waals surface area contributed by atoms with Crippen molar-refractivity contribution in [1.29, 1.82) is 0 Å². The largest absolute Gasteiger partial charge is 0.484 e. The Morgan fingerprint density at radius 1 is 1.12 bits per heavy atom. The normalized spacial score (nSPS) is 11.0. The second-order valence-corrected chi connectivity index (χ2v) is 5.95. The molecule has 0 saturated heterocycles. The Kier molecular flexibility index (Phi) is 5.92. The van der Waals surface area contributed by atoms with E-state index in [2.05, 4.69) is 5.32 Å². The van der Waals surface area contributed by atoms with E-state index in [1.165, 1.54) is 30.3 Å². The van der Waals surface area contributed by atoms with E-state index in [9.17, 15) is 22.8 Å². The Labute approximate surface area is 145 Å². The predicted molar refractivity (Wildman–Crippen MR) is 87.4 cm³/mol. The van der Waals surface area contributed by atoms with E-state index < -0.39 is 17.3 Å². The maximum absolute atomic E-state index is 12.3. The molecular weight excluding hydrogens is 357 g/mol. The Morgan fingerprint density at radius 3 is 2.40 bits per heavy atom. The molecule has 2 aromatic carbocycles. The lowest BCUT2D eigenvalue weighted by molar-refractivity contribution is -0.119. The maximum Gasteiger partial charge on any atom is 0.446 e. The standard InChI is InChI=1S/C16H13F3N2O3S/c17-16(18,19)25-13-6-4-10(5-7-13)15(23)21-11-2-1-3-12(8-11)24-9-14(20)22/h1-8H,9H2,(H2,20,22)(H,21,23). The van der Waals surface area contributed by atoms with E-state index in [-0.39, 0.29) is 28.8 Å². The summed E-state index contributed by atoms with van der Waals surface area (Å²) in [6, 6.07) is 11.3. The maximum atomic E-state index is 12.3. The number of amides is 2. The molecule has 25 heavy (non-hydrogen) atoms. The first-order valence-electron chi connectivity index (χ1n) is 6.91. The molecule has 2 aromatic rings. The molecular formula is C16H13F3N2O3S. The minimum Gasteiger partial charge on any atom is -0.484 e. The summed E-state index contributed by atoms with van der Waals surface area (Å²) >= 11 is -0.251. The molecule has 0 aliphatic rings. The van der Waals surface area contributed by atoms with Crippen molar-refractivity contribution in [3.63, 3.8) is 0 Å². The lowest BCUT2D eigenvalue weighted by atomic mass is 10.2. The highest BCUT2D eigenvalue weighted by Gasteiger charge is 2.29. The third-order valence-corrected chi connectivity index (χ3v) is 3.56. The SMILES string of the molecule is NC(=O)COc1cccc(NC(=O)c2ccc(SC(F)(F)F)cc2)c1. The van der Waals surface area contributed by atoms with Crippen molar-refractivity contribution in [2.45, 2.75) is 10.4 Å². The molecule has 0 aliphatic heterocycles. The summed E-state index contributed by atoms with van der Waals surface area (Å²) in [5.41, 5.74) is 1.21. The van der Waals surface area contributed by atoms with Gasteiger partial charge < -0.3 is 15.8 Å². The molecule has 0 aromatic heterocycles. The van der Waals surface area contributed by atoms with E-state index in [0.717, 1.165) is 0 Å². The average Bonchev–Trinajstić information content (AvgIpc) is 2.52. The van der Waals surface area contributed by atoms with Crippen LogP contribution >= 0.6 is 11.8 Å². The van der Waals surface area contributed by atoms with Crippen LogP contribution in [-0.2, 0) is 4.79 Å². The second-order valence-electron chi connectivity index (χ2n) is 4.81. The summed E-state index contributed by atoms with van der Waals surface area (Å²) in [6.45, 7) is -0.296. The molecule has 2 rings (SSSR count). The first kappa shape index (κ1) is 18.7. The van der Waals surface area contributed by atoms with Crippen LogP contribution in [0.5, 0.6) is 5.75 Å². The molecule has 5 nitrogen and oxygen atoms in total. The third kappa shape index (κ3) is 6.38. The van der Waals surface area contributed by atoms with Gasteiger partial charge in [-0.3, -0.25) is 9.59 Å². The Morgan fingerprint density at radius 2 is 1.80 bits per heavy atom. The fourth-order valence-corrected chi connectivity index (χ4v) is 2.37. The van der Waals surface area contributed by atoms with Crippen LogP contribution in [0, 0.1) is 0 Å². The predicted octanol–water partition coefficient (Wildman–Crippen LogP) is 3.41. The van der Waals surface area contributed by atoms with Crippen molar-refractivity contribution in [3.05, 3.63) is 54.1 Å². The molecule has 0 saturated carbocycles. The number of rotatable bonds is 6. The van der Waals surface area contributed by atoms with Crippen LogP contribution < -0.4 is 15.8 Å². The van der Waals surface area contributed by atoms with E-state index in [1.54, 1.807) is 18.2 Å². The molecule has 0 radical (unpaired) electrons. The van der Waals surface area contributed by atoms with Gasteiger partial charge in [0.1, 0.15) is 5.75 Å². The van der Waals surface area contributed by atoms with E-state index in [1.807, 2.05) is 0 Å². The second kappa shape index (κ2) is 7.93. The minimum absolute atomic E-state index is 0.00843. The van der Waals surface area contributed by atoms with Gasteiger partial charge in [-0.1, -0.05) is 6.07 Å².